The number of nitrogens with zero attached hydrogens (tertiary/aromatic N) is 1. The van der Waals surface area contributed by atoms with E-state index in [0.29, 0.717) is 19.6 Å². The van der Waals surface area contributed by atoms with Crippen LogP contribution in [-0.2, 0) is 25.8 Å². The molecule has 2 aliphatic rings. The Morgan fingerprint density at radius 1 is 1.25 bits per heavy atom. The van der Waals surface area contributed by atoms with E-state index < -0.39 is 9.84 Å². The van der Waals surface area contributed by atoms with Gasteiger partial charge in [-0.3, -0.25) is 4.79 Å². The van der Waals surface area contributed by atoms with E-state index in [2.05, 4.69) is 0 Å². The molecule has 2 aromatic rings. The van der Waals surface area contributed by atoms with E-state index in [0.717, 1.165) is 40.5 Å². The summed E-state index contributed by atoms with van der Waals surface area (Å²) in [5.41, 5.74) is 3.89. The Kier molecular flexibility index (Phi) is 5.22. The molecular weight excluding hydrogens is 378 g/mol. The minimum Gasteiger partial charge on any atom is -0.464 e. The average molecular weight is 406 g/mol. The molecule has 6 nitrogen and oxygen atoms in total. The predicted octanol–water partition coefficient (Wildman–Crippen LogP) is 2.79. The number of carbonyl (C=O) groups excluding carboxylic acids is 1. The minimum atomic E-state index is -3.07. The normalized spacial score (nSPS) is 24.1. The number of fused-ring (bicyclic) bond motifs is 1. The number of furan rings is 1. The van der Waals surface area contributed by atoms with E-state index in [9.17, 15) is 13.2 Å². The summed E-state index contributed by atoms with van der Waals surface area (Å²) in [6.45, 7) is 5.22. The van der Waals surface area contributed by atoms with Gasteiger partial charge in [-0.25, -0.2) is 8.42 Å². The zero-order chi connectivity index (χ0) is 19.9. The first kappa shape index (κ1) is 19.5. The first-order chi connectivity index (χ1) is 13.3. The van der Waals surface area contributed by atoms with E-state index in [4.69, 9.17) is 9.15 Å². The van der Waals surface area contributed by atoms with Crippen LogP contribution in [0, 0.1) is 13.8 Å². The molecule has 2 saturated heterocycles. The summed E-state index contributed by atoms with van der Waals surface area (Å²) in [6, 6.07) is 3.77. The highest BCUT2D eigenvalue weighted by molar-refractivity contribution is 7.91. The molecule has 1 aromatic heterocycles. The van der Waals surface area contributed by atoms with E-state index in [1.165, 1.54) is 0 Å². The molecule has 0 saturated carbocycles. The largest absolute Gasteiger partial charge is 0.464 e. The highest BCUT2D eigenvalue weighted by Gasteiger charge is 2.36. The lowest BCUT2D eigenvalue weighted by Crippen LogP contribution is -2.45. The molecule has 1 amide bonds. The Hall–Kier alpha value is -1.86. The lowest BCUT2D eigenvalue weighted by atomic mass is 10.0. The number of amides is 1. The first-order valence-corrected chi connectivity index (χ1v) is 11.7. The number of rotatable bonds is 5. The number of hydrogen-bond donors (Lipinski definition) is 0. The number of sulfone groups is 1. The van der Waals surface area contributed by atoms with Crippen molar-refractivity contribution in [2.24, 2.45) is 0 Å². The van der Waals surface area contributed by atoms with E-state index in [1.807, 2.05) is 26.0 Å². The number of carbonyl (C=O) groups is 1. The zero-order valence-corrected chi connectivity index (χ0v) is 17.3. The van der Waals surface area contributed by atoms with Crippen molar-refractivity contribution in [3.8, 4) is 0 Å². The monoisotopic (exact) mass is 405 g/mol. The Morgan fingerprint density at radius 3 is 2.75 bits per heavy atom. The summed E-state index contributed by atoms with van der Waals surface area (Å²) in [5.74, 6) is 0.147. The number of hydrogen-bond acceptors (Lipinski definition) is 5. The van der Waals surface area contributed by atoms with Gasteiger partial charge in [0.25, 0.3) is 0 Å². The molecule has 7 heteroatoms. The second kappa shape index (κ2) is 7.52. The number of aryl methyl sites for hydroxylation is 2. The van der Waals surface area contributed by atoms with Crippen molar-refractivity contribution >= 4 is 26.7 Å². The van der Waals surface area contributed by atoms with E-state index in [-0.39, 0.29) is 36.0 Å². The van der Waals surface area contributed by atoms with Gasteiger partial charge in [-0.05, 0) is 44.2 Å². The van der Waals surface area contributed by atoms with Crippen molar-refractivity contribution in [1.82, 2.24) is 4.90 Å². The number of ether oxygens (including phenoxy) is 1. The van der Waals surface area contributed by atoms with Crippen LogP contribution in [0.2, 0.25) is 0 Å². The molecule has 2 fully saturated rings. The van der Waals surface area contributed by atoms with Crippen LogP contribution < -0.4 is 0 Å². The van der Waals surface area contributed by atoms with Crippen molar-refractivity contribution in [1.29, 1.82) is 0 Å². The lowest BCUT2D eigenvalue weighted by molar-refractivity contribution is -0.134. The highest BCUT2D eigenvalue weighted by atomic mass is 32.2. The molecule has 28 heavy (non-hydrogen) atoms. The second-order valence-electron chi connectivity index (χ2n) is 8.06. The fraction of sp³-hybridized carbons (Fsp3) is 0.571. The molecule has 0 bridgehead atoms. The summed E-state index contributed by atoms with van der Waals surface area (Å²) in [7, 11) is -3.07. The van der Waals surface area contributed by atoms with E-state index >= 15 is 0 Å². The quantitative estimate of drug-likeness (QED) is 0.764. The van der Waals surface area contributed by atoms with Crippen LogP contribution in [0.15, 0.2) is 22.8 Å². The molecule has 0 radical (unpaired) electrons. The van der Waals surface area contributed by atoms with Crippen LogP contribution in [0.1, 0.15) is 36.0 Å². The maximum absolute atomic E-state index is 13.2. The van der Waals surface area contributed by atoms with Crippen LogP contribution >= 0.6 is 0 Å². The van der Waals surface area contributed by atoms with Crippen molar-refractivity contribution in [2.75, 3.05) is 24.7 Å². The topological polar surface area (TPSA) is 76.8 Å². The van der Waals surface area contributed by atoms with Gasteiger partial charge in [-0.15, -0.1) is 0 Å². The van der Waals surface area contributed by atoms with Crippen molar-refractivity contribution in [3.63, 3.8) is 0 Å². The van der Waals surface area contributed by atoms with Crippen LogP contribution in [0.25, 0.3) is 11.0 Å². The lowest BCUT2D eigenvalue weighted by Gasteiger charge is -2.30. The highest BCUT2D eigenvalue weighted by Crippen LogP contribution is 2.28. The van der Waals surface area contributed by atoms with Crippen molar-refractivity contribution in [3.05, 3.63) is 35.1 Å². The third kappa shape index (κ3) is 3.82. The van der Waals surface area contributed by atoms with Gasteiger partial charge >= 0.3 is 0 Å². The van der Waals surface area contributed by atoms with Gasteiger partial charge in [0, 0.05) is 30.1 Å². The molecule has 0 aliphatic carbocycles. The molecule has 0 unspecified atom stereocenters. The van der Waals surface area contributed by atoms with Gasteiger partial charge < -0.3 is 14.1 Å². The van der Waals surface area contributed by atoms with Crippen LogP contribution in [0.5, 0.6) is 0 Å². The molecule has 0 spiro atoms. The van der Waals surface area contributed by atoms with Crippen molar-refractivity contribution < 1.29 is 22.4 Å². The molecule has 3 heterocycles. The van der Waals surface area contributed by atoms with Gasteiger partial charge in [0.1, 0.15) is 5.58 Å². The van der Waals surface area contributed by atoms with Gasteiger partial charge in [0.15, 0.2) is 9.84 Å². The fourth-order valence-corrected chi connectivity index (χ4v) is 6.00. The van der Waals surface area contributed by atoms with Crippen LogP contribution in [0.4, 0.5) is 0 Å². The Balaban J connectivity index is 1.57. The van der Waals surface area contributed by atoms with Crippen molar-refractivity contribution in [2.45, 2.75) is 51.7 Å². The van der Waals surface area contributed by atoms with Gasteiger partial charge in [0.05, 0.1) is 30.3 Å². The fourth-order valence-electron chi connectivity index (χ4n) is 4.27. The maximum atomic E-state index is 13.2. The Morgan fingerprint density at radius 2 is 2.07 bits per heavy atom. The zero-order valence-electron chi connectivity index (χ0n) is 16.4. The predicted molar refractivity (Wildman–Crippen MR) is 107 cm³/mol. The standard InChI is InChI=1S/C21H27NO5S/c1-14-5-6-19-16(12-27-21(19)15(14)2)10-20(23)22(11-18-4-3-8-26-18)17-7-9-28(24,25)13-17/h5-6,12,17-18H,3-4,7-11,13H2,1-2H3/t17-,18-/m1/s1. The second-order valence-corrected chi connectivity index (χ2v) is 10.3. The summed E-state index contributed by atoms with van der Waals surface area (Å²) < 4.78 is 35.4. The van der Waals surface area contributed by atoms with Crippen LogP contribution in [0.3, 0.4) is 0 Å². The Bertz CT molecular complexity index is 988. The van der Waals surface area contributed by atoms with Gasteiger partial charge in [-0.2, -0.15) is 0 Å². The summed E-state index contributed by atoms with van der Waals surface area (Å²) in [6.07, 6.45) is 4.27. The third-order valence-corrected chi connectivity index (χ3v) is 7.83. The Labute approximate surface area is 165 Å². The summed E-state index contributed by atoms with van der Waals surface area (Å²) in [4.78, 5) is 15.0. The average Bonchev–Trinajstić information content (AvgIpc) is 3.37. The molecule has 4 rings (SSSR count). The SMILES string of the molecule is Cc1ccc2c(CC(=O)N(C[C@H]3CCCO3)[C@@H]3CCS(=O)(=O)C3)coc2c1C. The third-order valence-electron chi connectivity index (χ3n) is 6.08. The molecule has 2 aliphatic heterocycles. The molecule has 0 N–H and O–H groups in total. The molecular formula is C21H27NO5S. The van der Waals surface area contributed by atoms with Gasteiger partial charge in [-0.1, -0.05) is 12.1 Å². The minimum absolute atomic E-state index is 0.00163. The summed E-state index contributed by atoms with van der Waals surface area (Å²) >= 11 is 0. The van der Waals surface area contributed by atoms with Crippen LogP contribution in [-0.4, -0.2) is 56.0 Å². The maximum Gasteiger partial charge on any atom is 0.227 e. The summed E-state index contributed by atoms with van der Waals surface area (Å²) in [5, 5.41) is 0.951. The smallest absolute Gasteiger partial charge is 0.227 e. The molecule has 1 aromatic carbocycles. The number of benzene rings is 1. The van der Waals surface area contributed by atoms with Gasteiger partial charge in [0.2, 0.25) is 5.91 Å². The molecule has 152 valence electrons. The molecule has 2 atom stereocenters. The first-order valence-electron chi connectivity index (χ1n) is 9.92. The van der Waals surface area contributed by atoms with E-state index in [1.54, 1.807) is 11.2 Å².